The molecule has 0 aromatic heterocycles. The van der Waals surface area contributed by atoms with E-state index in [0.29, 0.717) is 0 Å². The summed E-state index contributed by atoms with van der Waals surface area (Å²) in [6.07, 6.45) is 0. The second kappa shape index (κ2) is 9.71. The molecule has 6 nitrogen and oxygen atoms in total. The topological polar surface area (TPSA) is 113 Å². The Morgan fingerprint density at radius 3 is 2.00 bits per heavy atom. The monoisotopic (exact) mass is 142 g/mol. The van der Waals surface area contributed by atoms with E-state index in [4.69, 9.17) is 18.1 Å². The van der Waals surface area contributed by atoms with Gasteiger partial charge in [-0.05, 0) is 0 Å². The van der Waals surface area contributed by atoms with E-state index in [0.717, 1.165) is 0 Å². The molecule has 50 valence electrons. The van der Waals surface area contributed by atoms with Gasteiger partial charge in [-0.2, -0.15) is 5.90 Å². The quantitative estimate of drug-likeness (QED) is 0.258. The Morgan fingerprint density at radius 1 is 1.88 bits per heavy atom. The zero-order valence-corrected chi connectivity index (χ0v) is 4.46. The highest BCUT2D eigenvalue weighted by atomic mass is 32.2. The lowest BCUT2D eigenvalue weighted by Crippen LogP contribution is -1.92. The number of nitrogens with two attached hydrogens (primary N) is 1. The summed E-state index contributed by atoms with van der Waals surface area (Å²) in [5, 5.41) is 0. The van der Waals surface area contributed by atoms with Crippen LogP contribution in [0.1, 0.15) is 0 Å². The summed E-state index contributed by atoms with van der Waals surface area (Å²) in [5.41, 5.74) is 0. The van der Waals surface area contributed by atoms with E-state index in [-0.39, 0.29) is 6.47 Å². The van der Waals surface area contributed by atoms with Gasteiger partial charge in [-0.3, -0.25) is 4.79 Å². The van der Waals surface area contributed by atoms with Crippen molar-refractivity contribution in [2.24, 2.45) is 5.90 Å². The van der Waals surface area contributed by atoms with Crippen LogP contribution in [0.25, 0.3) is 0 Å². The van der Waals surface area contributed by atoms with E-state index in [2.05, 4.69) is 10.7 Å². The number of rotatable bonds is 1. The van der Waals surface area contributed by atoms with Gasteiger partial charge in [0.1, 0.15) is 0 Å². The summed E-state index contributed by atoms with van der Waals surface area (Å²) in [5.74, 6) is 4.16. The molecule has 1 unspecified atom stereocenters. The van der Waals surface area contributed by atoms with Crippen LogP contribution in [-0.4, -0.2) is 19.8 Å². The molecule has 1 atom stereocenters. The molecule has 0 aromatic carbocycles. The second-order valence-electron chi connectivity index (χ2n) is 0.449. The van der Waals surface area contributed by atoms with Gasteiger partial charge in [0.25, 0.3) is 0 Å². The highest BCUT2D eigenvalue weighted by Gasteiger charge is 1.44. The first-order valence-corrected chi connectivity index (χ1v) is 2.25. The van der Waals surface area contributed by atoms with Gasteiger partial charge in [0.2, 0.25) is 0 Å². The summed E-state index contributed by atoms with van der Waals surface area (Å²) in [6.45, 7) is 0.153. The highest BCUT2D eigenvalue weighted by molar-refractivity contribution is 7.73. The molecule has 0 aliphatic rings. The molecule has 0 fully saturated rings. The van der Waals surface area contributed by atoms with Gasteiger partial charge in [0.05, 0.1) is 11.4 Å². The summed E-state index contributed by atoms with van der Waals surface area (Å²) >= 11 is -2.86. The molecule has 0 radical (unpaired) electrons. The minimum absolute atomic E-state index is 0.153. The van der Waals surface area contributed by atoms with E-state index in [1.54, 1.807) is 0 Å². The first-order valence-electron chi connectivity index (χ1n) is 1.22. The summed E-state index contributed by atoms with van der Waals surface area (Å²) in [4.78, 5) is 12.2. The maximum absolute atomic E-state index is 8.83. The first-order chi connectivity index (χ1) is 3.65. The van der Waals surface area contributed by atoms with Crippen LogP contribution in [0.15, 0.2) is 0 Å². The number of carbonyl (C=O) groups excluding carboxylic acids is 1. The van der Waals surface area contributed by atoms with Gasteiger partial charge in [0, 0.05) is 0 Å². The van der Waals surface area contributed by atoms with Crippen LogP contribution in [-0.2, 0) is 21.0 Å². The van der Waals surface area contributed by atoms with Gasteiger partial charge in [-0.15, -0.1) is 0 Å². The maximum Gasteiger partial charge on any atom is 0.312 e. The minimum Gasteiger partial charge on any atom is -0.750 e. The van der Waals surface area contributed by atoms with Crippen LogP contribution in [0.5, 0.6) is 0 Å². The fourth-order valence-corrected chi connectivity index (χ4v) is 0. The van der Waals surface area contributed by atoms with Crippen LogP contribution in [0.4, 0.5) is 0 Å². The molecular weight excluding hydrogens is 138 g/mol. The van der Waals surface area contributed by atoms with E-state index in [1.165, 1.54) is 0 Å². The molecule has 3 N–H and O–H groups in total. The predicted octanol–water partition coefficient (Wildman–Crippen LogP) is -1.63. The van der Waals surface area contributed by atoms with E-state index in [1.807, 2.05) is 0 Å². The van der Waals surface area contributed by atoms with Crippen molar-refractivity contribution in [1.82, 2.24) is 0 Å². The Bertz CT molecular complexity index is 68.8. The second-order valence-corrected chi connectivity index (χ2v) is 0.884. The fourth-order valence-electron chi connectivity index (χ4n) is 0. The van der Waals surface area contributed by atoms with Crippen molar-refractivity contribution in [1.29, 1.82) is 0 Å². The highest BCUT2D eigenvalue weighted by Crippen LogP contribution is 1.43. The van der Waals surface area contributed by atoms with Crippen LogP contribution >= 0.6 is 0 Å². The minimum atomic E-state index is -2.86. The van der Waals surface area contributed by atoms with E-state index < -0.39 is 11.4 Å². The van der Waals surface area contributed by atoms with Crippen molar-refractivity contribution in [2.45, 2.75) is 0 Å². The molecule has 0 saturated heterocycles. The Morgan fingerprint density at radius 2 is 2.00 bits per heavy atom. The smallest absolute Gasteiger partial charge is 0.312 e. The van der Waals surface area contributed by atoms with Crippen molar-refractivity contribution >= 4 is 17.8 Å². The zero-order valence-electron chi connectivity index (χ0n) is 3.64. The van der Waals surface area contributed by atoms with Crippen molar-refractivity contribution in [3.8, 4) is 0 Å². The fraction of sp³-hybridized carbons (Fsp3) is 0. The van der Waals surface area contributed by atoms with Crippen molar-refractivity contribution < 1.29 is 22.9 Å². The molecular formula is CH4NO5S-. The van der Waals surface area contributed by atoms with Gasteiger partial charge in [-0.1, -0.05) is 0 Å². The molecule has 0 amide bonds. The van der Waals surface area contributed by atoms with Crippen molar-refractivity contribution in [3.05, 3.63) is 0 Å². The molecule has 0 rings (SSSR count). The molecule has 7 heteroatoms. The lowest BCUT2D eigenvalue weighted by atomic mass is 11.6. The molecule has 0 saturated carbocycles. The molecule has 0 bridgehead atoms. The third-order valence-corrected chi connectivity index (χ3v) is 0.0556. The number of hydrogen-bond acceptors (Lipinski definition) is 5. The largest absolute Gasteiger partial charge is 0.750 e. The molecule has 0 heterocycles. The lowest BCUT2D eigenvalue weighted by molar-refractivity contribution is -0.129. The SMILES string of the molecule is NOC=O.O=S([O-])O. The normalized spacial score (nSPS) is 10.4. The Labute approximate surface area is 47.7 Å². The predicted molar refractivity (Wildman–Crippen MR) is 22.9 cm³/mol. The number of carbonyl (C=O) groups is 1. The van der Waals surface area contributed by atoms with Crippen LogP contribution in [0, 0.1) is 0 Å². The molecule has 0 aliphatic heterocycles. The van der Waals surface area contributed by atoms with Crippen molar-refractivity contribution in [2.75, 3.05) is 0 Å². The lowest BCUT2D eigenvalue weighted by Gasteiger charge is -1.83. The van der Waals surface area contributed by atoms with E-state index in [9.17, 15) is 0 Å². The summed E-state index contributed by atoms with van der Waals surface area (Å²) in [7, 11) is 0. The molecule has 0 spiro atoms. The van der Waals surface area contributed by atoms with E-state index >= 15 is 0 Å². The van der Waals surface area contributed by atoms with Gasteiger partial charge >= 0.3 is 6.47 Å². The van der Waals surface area contributed by atoms with Crippen LogP contribution in [0.3, 0.4) is 0 Å². The first kappa shape index (κ1) is 10.5. The Kier molecular flexibility index (Phi) is 12.7. The number of hydrogen-bond donors (Lipinski definition) is 2. The molecule has 8 heavy (non-hydrogen) atoms. The van der Waals surface area contributed by atoms with Crippen LogP contribution < -0.4 is 5.90 Å². The Balaban J connectivity index is 0. The summed E-state index contributed by atoms with van der Waals surface area (Å²) in [6, 6.07) is 0. The average molecular weight is 142 g/mol. The third-order valence-electron chi connectivity index (χ3n) is 0.0556. The van der Waals surface area contributed by atoms with Gasteiger partial charge in [0.15, 0.2) is 0 Å². The zero-order chi connectivity index (χ0) is 6.99. The molecule has 0 aromatic rings. The summed E-state index contributed by atoms with van der Waals surface area (Å²) < 4.78 is 24.1. The third kappa shape index (κ3) is 446. The standard InChI is InChI=1S/CH3NO2.H2O3S/c2-4-1-3;1-4(2)3/h1H,2H2;(H2,1,2,3)/p-1. The van der Waals surface area contributed by atoms with Crippen molar-refractivity contribution in [3.63, 3.8) is 0 Å². The Hall–Kier alpha value is -0.500. The maximum atomic E-state index is 8.83. The van der Waals surface area contributed by atoms with Gasteiger partial charge in [-0.25, -0.2) is 4.21 Å². The molecule has 0 aliphatic carbocycles. The average Bonchev–Trinajstić information content (AvgIpc) is 1.65. The van der Waals surface area contributed by atoms with Gasteiger partial charge < -0.3 is 13.9 Å². The van der Waals surface area contributed by atoms with Crippen LogP contribution in [0.2, 0.25) is 0 Å².